The summed E-state index contributed by atoms with van der Waals surface area (Å²) >= 11 is 0. The molecule has 2 aromatic carbocycles. The number of ether oxygens (including phenoxy) is 1. The Morgan fingerprint density at radius 2 is 1.80 bits per heavy atom. The molecule has 1 aromatic heterocycles. The number of hydrogen-bond acceptors (Lipinski definition) is 5. The van der Waals surface area contributed by atoms with Crippen LogP contribution in [-0.2, 0) is 32.6 Å². The van der Waals surface area contributed by atoms with Crippen LogP contribution in [0.15, 0.2) is 59.4 Å². The van der Waals surface area contributed by atoms with E-state index in [-0.39, 0.29) is 5.56 Å². The maximum atomic E-state index is 12.9. The van der Waals surface area contributed by atoms with Gasteiger partial charge in [0.2, 0.25) is 5.95 Å². The van der Waals surface area contributed by atoms with Gasteiger partial charge in [-0.2, -0.15) is 4.98 Å². The van der Waals surface area contributed by atoms with E-state index in [1.165, 1.54) is 11.3 Å². The molecule has 0 aliphatic carbocycles. The van der Waals surface area contributed by atoms with Gasteiger partial charge in [-0.1, -0.05) is 42.5 Å². The fourth-order valence-electron chi connectivity index (χ4n) is 4.55. The van der Waals surface area contributed by atoms with E-state index in [1.807, 2.05) is 24.3 Å². The number of fused-ring (bicyclic) bond motifs is 3. The summed E-state index contributed by atoms with van der Waals surface area (Å²) in [5.41, 5.74) is 4.39. The van der Waals surface area contributed by atoms with Gasteiger partial charge in [0.1, 0.15) is 5.75 Å². The molecule has 2 aliphatic heterocycles. The Bertz CT molecular complexity index is 1110. The predicted octanol–water partition coefficient (Wildman–Crippen LogP) is 2.83. The third kappa shape index (κ3) is 3.59. The lowest BCUT2D eigenvalue weighted by molar-refractivity contribution is 0.239. The van der Waals surface area contributed by atoms with E-state index >= 15 is 0 Å². The molecule has 0 saturated heterocycles. The van der Waals surface area contributed by atoms with Crippen molar-refractivity contribution in [1.82, 2.24) is 14.5 Å². The van der Waals surface area contributed by atoms with Crippen LogP contribution in [0.1, 0.15) is 22.4 Å². The highest BCUT2D eigenvalue weighted by molar-refractivity contribution is 5.42. The maximum Gasteiger partial charge on any atom is 0.279 e. The summed E-state index contributed by atoms with van der Waals surface area (Å²) < 4.78 is 7.60. The van der Waals surface area contributed by atoms with Gasteiger partial charge in [0, 0.05) is 51.4 Å². The van der Waals surface area contributed by atoms with Crippen molar-refractivity contribution in [1.29, 1.82) is 0 Å². The molecule has 0 radical (unpaired) electrons. The van der Waals surface area contributed by atoms with E-state index in [0.717, 1.165) is 62.0 Å². The highest BCUT2D eigenvalue weighted by atomic mass is 16.5. The molecule has 0 N–H and O–H groups in total. The quantitative estimate of drug-likeness (QED) is 0.657. The summed E-state index contributed by atoms with van der Waals surface area (Å²) in [6, 6.07) is 18.5. The lowest BCUT2D eigenvalue weighted by Crippen LogP contribution is -2.37. The van der Waals surface area contributed by atoms with Crippen LogP contribution in [0, 0.1) is 0 Å². The van der Waals surface area contributed by atoms with E-state index < -0.39 is 0 Å². The fourth-order valence-corrected chi connectivity index (χ4v) is 4.55. The van der Waals surface area contributed by atoms with Crippen molar-refractivity contribution in [3.05, 3.63) is 87.3 Å². The molecule has 6 heteroatoms. The normalized spacial score (nSPS) is 15.7. The molecular weight excluding hydrogens is 376 g/mol. The van der Waals surface area contributed by atoms with Crippen molar-refractivity contribution in [3.63, 3.8) is 0 Å². The third-order valence-corrected chi connectivity index (χ3v) is 6.05. The molecule has 0 fully saturated rings. The number of benzene rings is 2. The van der Waals surface area contributed by atoms with Crippen molar-refractivity contribution in [2.45, 2.75) is 32.6 Å². The molecule has 5 rings (SSSR count). The Labute approximate surface area is 176 Å². The summed E-state index contributed by atoms with van der Waals surface area (Å²) in [4.78, 5) is 22.0. The van der Waals surface area contributed by atoms with Crippen LogP contribution >= 0.6 is 0 Å². The van der Waals surface area contributed by atoms with Gasteiger partial charge in [0.05, 0.1) is 12.7 Å². The minimum Gasteiger partial charge on any atom is -0.497 e. The first-order valence-corrected chi connectivity index (χ1v) is 10.5. The highest BCUT2D eigenvalue weighted by Crippen LogP contribution is 2.27. The first-order chi connectivity index (χ1) is 14.7. The Morgan fingerprint density at radius 1 is 0.967 bits per heavy atom. The van der Waals surface area contributed by atoms with Crippen molar-refractivity contribution >= 4 is 5.95 Å². The fraction of sp³-hybridized carbons (Fsp3) is 0.333. The van der Waals surface area contributed by atoms with Crippen molar-refractivity contribution in [3.8, 4) is 5.75 Å². The molecule has 154 valence electrons. The summed E-state index contributed by atoms with van der Waals surface area (Å²) in [7, 11) is 1.68. The third-order valence-electron chi connectivity index (χ3n) is 6.05. The number of rotatable bonds is 5. The number of methoxy groups -OCH3 is 1. The Kier molecular flexibility index (Phi) is 5.01. The van der Waals surface area contributed by atoms with Gasteiger partial charge >= 0.3 is 0 Å². The van der Waals surface area contributed by atoms with Crippen LogP contribution in [0.5, 0.6) is 5.75 Å². The minimum absolute atomic E-state index is 0.0773. The molecule has 0 amide bonds. The predicted molar refractivity (Wildman–Crippen MR) is 117 cm³/mol. The first kappa shape index (κ1) is 18.9. The largest absolute Gasteiger partial charge is 0.497 e. The standard InChI is InChI=1S/C24H26N4O2/c1-30-20-9-5-8-19(14-20)16-27-12-13-28-22-10-11-26(15-18-6-3-2-4-7-18)17-21(22)23(29)25-24(27)28/h2-9,14H,10-13,15-17H2,1H3. The highest BCUT2D eigenvalue weighted by Gasteiger charge is 2.29. The zero-order valence-corrected chi connectivity index (χ0v) is 17.3. The Hall–Kier alpha value is -3.12. The van der Waals surface area contributed by atoms with Gasteiger partial charge in [0.15, 0.2) is 0 Å². The van der Waals surface area contributed by atoms with Crippen LogP contribution in [0.2, 0.25) is 0 Å². The second kappa shape index (κ2) is 7.95. The van der Waals surface area contributed by atoms with Gasteiger partial charge in [-0.25, -0.2) is 0 Å². The van der Waals surface area contributed by atoms with Crippen LogP contribution < -0.4 is 15.2 Å². The van der Waals surface area contributed by atoms with E-state index in [4.69, 9.17) is 4.74 Å². The van der Waals surface area contributed by atoms with E-state index in [2.05, 4.69) is 49.7 Å². The molecule has 6 nitrogen and oxygen atoms in total. The average Bonchev–Trinajstić information content (AvgIpc) is 3.17. The molecule has 2 aliphatic rings. The molecule has 0 atom stereocenters. The summed E-state index contributed by atoms with van der Waals surface area (Å²) in [5, 5.41) is 0. The molecule has 30 heavy (non-hydrogen) atoms. The molecule has 3 aromatic rings. The second-order valence-corrected chi connectivity index (χ2v) is 8.01. The lowest BCUT2D eigenvalue weighted by atomic mass is 10.1. The number of nitrogens with zero attached hydrogens (tertiary/aromatic N) is 4. The van der Waals surface area contributed by atoms with Crippen LogP contribution in [-0.4, -0.2) is 34.7 Å². The molecule has 0 spiro atoms. The summed E-state index contributed by atoms with van der Waals surface area (Å²) in [6.07, 6.45) is 0.889. The molecular formula is C24H26N4O2. The topological polar surface area (TPSA) is 50.6 Å². The number of anilines is 1. The van der Waals surface area contributed by atoms with Crippen molar-refractivity contribution < 1.29 is 4.74 Å². The van der Waals surface area contributed by atoms with Crippen molar-refractivity contribution in [2.24, 2.45) is 0 Å². The molecule has 3 heterocycles. The van der Waals surface area contributed by atoms with Gasteiger partial charge < -0.3 is 14.2 Å². The second-order valence-electron chi connectivity index (χ2n) is 8.01. The van der Waals surface area contributed by atoms with E-state index in [1.54, 1.807) is 7.11 Å². The zero-order chi connectivity index (χ0) is 20.5. The number of aromatic nitrogens is 2. The van der Waals surface area contributed by atoms with Gasteiger partial charge in [-0.05, 0) is 23.3 Å². The van der Waals surface area contributed by atoms with E-state index in [0.29, 0.717) is 6.54 Å². The smallest absolute Gasteiger partial charge is 0.279 e. The maximum absolute atomic E-state index is 12.9. The van der Waals surface area contributed by atoms with Gasteiger partial charge in [0.25, 0.3) is 5.56 Å². The molecule has 0 unspecified atom stereocenters. The van der Waals surface area contributed by atoms with Crippen LogP contribution in [0.3, 0.4) is 0 Å². The summed E-state index contributed by atoms with van der Waals surface area (Å²) in [6.45, 7) is 4.97. The zero-order valence-electron chi connectivity index (χ0n) is 17.3. The van der Waals surface area contributed by atoms with Gasteiger partial charge in [-0.15, -0.1) is 0 Å². The lowest BCUT2D eigenvalue weighted by Gasteiger charge is -2.30. The van der Waals surface area contributed by atoms with Crippen molar-refractivity contribution in [2.75, 3.05) is 25.1 Å². The van der Waals surface area contributed by atoms with Crippen LogP contribution in [0.25, 0.3) is 0 Å². The van der Waals surface area contributed by atoms with Crippen LogP contribution in [0.4, 0.5) is 5.95 Å². The molecule has 0 saturated carbocycles. The van der Waals surface area contributed by atoms with E-state index in [9.17, 15) is 4.79 Å². The molecule has 0 bridgehead atoms. The minimum atomic E-state index is -0.0773. The Balaban J connectivity index is 1.38. The SMILES string of the molecule is COc1cccc(CN2CCn3c2nc(=O)c2c3CCN(Cc3ccccc3)C2)c1. The van der Waals surface area contributed by atoms with Gasteiger partial charge in [-0.3, -0.25) is 9.69 Å². The number of hydrogen-bond donors (Lipinski definition) is 0. The Morgan fingerprint density at radius 3 is 2.63 bits per heavy atom. The first-order valence-electron chi connectivity index (χ1n) is 10.5. The monoisotopic (exact) mass is 402 g/mol. The summed E-state index contributed by atoms with van der Waals surface area (Å²) in [5.74, 6) is 1.65. The average molecular weight is 402 g/mol.